The number of rotatable bonds is 2. The number of hydrogen-bond donors (Lipinski definition) is 1. The molecule has 1 atom stereocenters. The molecule has 1 aliphatic rings. The summed E-state index contributed by atoms with van der Waals surface area (Å²) in [5.74, 6) is 0.655. The van der Waals surface area contributed by atoms with Gasteiger partial charge in [0.05, 0.1) is 5.69 Å². The SMILES string of the molecule is Cn1nccc1C(N)C1CCCCCC1. The average Bonchev–Trinajstić information content (AvgIpc) is 2.53. The molecule has 1 aromatic heterocycles. The fourth-order valence-electron chi connectivity index (χ4n) is 2.62. The number of hydrogen-bond acceptors (Lipinski definition) is 2. The second-order valence-electron chi connectivity index (χ2n) is 4.66. The Bertz CT molecular complexity index is 298. The van der Waals surface area contributed by atoms with E-state index in [1.165, 1.54) is 44.2 Å². The third kappa shape index (κ3) is 2.40. The lowest BCUT2D eigenvalue weighted by Gasteiger charge is -2.22. The van der Waals surface area contributed by atoms with Crippen molar-refractivity contribution in [3.63, 3.8) is 0 Å². The lowest BCUT2D eigenvalue weighted by atomic mass is 9.90. The monoisotopic (exact) mass is 207 g/mol. The number of nitrogens with zero attached hydrogens (tertiary/aromatic N) is 2. The van der Waals surface area contributed by atoms with Crippen LogP contribution in [-0.4, -0.2) is 9.78 Å². The van der Waals surface area contributed by atoms with Crippen LogP contribution in [0.3, 0.4) is 0 Å². The quantitative estimate of drug-likeness (QED) is 0.757. The van der Waals surface area contributed by atoms with Crippen molar-refractivity contribution in [3.05, 3.63) is 18.0 Å². The molecule has 0 radical (unpaired) electrons. The molecule has 1 fully saturated rings. The Morgan fingerprint density at radius 2 is 2.00 bits per heavy atom. The number of nitrogens with two attached hydrogens (primary N) is 1. The molecule has 1 aliphatic carbocycles. The molecule has 0 bridgehead atoms. The highest BCUT2D eigenvalue weighted by atomic mass is 15.3. The van der Waals surface area contributed by atoms with Gasteiger partial charge in [0.1, 0.15) is 0 Å². The minimum Gasteiger partial charge on any atom is -0.322 e. The molecule has 15 heavy (non-hydrogen) atoms. The molecular weight excluding hydrogens is 186 g/mol. The summed E-state index contributed by atoms with van der Waals surface area (Å²) >= 11 is 0. The molecule has 3 heteroatoms. The normalized spacial score (nSPS) is 21.2. The van der Waals surface area contributed by atoms with Crippen molar-refractivity contribution < 1.29 is 0 Å². The van der Waals surface area contributed by atoms with Gasteiger partial charge in [-0.15, -0.1) is 0 Å². The van der Waals surface area contributed by atoms with E-state index in [1.54, 1.807) is 0 Å². The summed E-state index contributed by atoms with van der Waals surface area (Å²) in [5, 5.41) is 4.19. The van der Waals surface area contributed by atoms with E-state index in [4.69, 9.17) is 5.73 Å². The van der Waals surface area contributed by atoms with Gasteiger partial charge in [0.25, 0.3) is 0 Å². The van der Waals surface area contributed by atoms with Crippen molar-refractivity contribution >= 4 is 0 Å². The second-order valence-corrected chi connectivity index (χ2v) is 4.66. The van der Waals surface area contributed by atoms with Crippen LogP contribution in [0.2, 0.25) is 0 Å². The third-order valence-corrected chi connectivity index (χ3v) is 3.61. The van der Waals surface area contributed by atoms with E-state index in [2.05, 4.69) is 11.2 Å². The predicted molar refractivity (Wildman–Crippen MR) is 61.3 cm³/mol. The lowest BCUT2D eigenvalue weighted by molar-refractivity contribution is 0.368. The summed E-state index contributed by atoms with van der Waals surface area (Å²) < 4.78 is 1.91. The van der Waals surface area contributed by atoms with Gasteiger partial charge in [0.2, 0.25) is 0 Å². The maximum atomic E-state index is 6.32. The molecule has 1 heterocycles. The Labute approximate surface area is 91.7 Å². The van der Waals surface area contributed by atoms with E-state index in [-0.39, 0.29) is 6.04 Å². The van der Waals surface area contributed by atoms with E-state index in [1.807, 2.05) is 17.9 Å². The van der Waals surface area contributed by atoms with Crippen LogP contribution in [0.15, 0.2) is 12.3 Å². The molecule has 2 N–H and O–H groups in total. The first-order valence-electron chi connectivity index (χ1n) is 6.02. The van der Waals surface area contributed by atoms with Gasteiger partial charge in [-0.05, 0) is 24.8 Å². The first-order valence-corrected chi connectivity index (χ1v) is 6.02. The average molecular weight is 207 g/mol. The molecular formula is C12H21N3. The van der Waals surface area contributed by atoms with E-state index in [9.17, 15) is 0 Å². The van der Waals surface area contributed by atoms with Gasteiger partial charge < -0.3 is 5.73 Å². The molecule has 1 saturated carbocycles. The van der Waals surface area contributed by atoms with Gasteiger partial charge in [0, 0.05) is 19.3 Å². The van der Waals surface area contributed by atoms with Crippen molar-refractivity contribution in [3.8, 4) is 0 Å². The molecule has 84 valence electrons. The van der Waals surface area contributed by atoms with Crippen LogP contribution in [0, 0.1) is 5.92 Å². The Morgan fingerprint density at radius 3 is 2.53 bits per heavy atom. The summed E-state index contributed by atoms with van der Waals surface area (Å²) in [5.41, 5.74) is 7.51. The molecule has 0 spiro atoms. The van der Waals surface area contributed by atoms with Crippen molar-refractivity contribution in [2.24, 2.45) is 18.7 Å². The molecule has 1 unspecified atom stereocenters. The minimum atomic E-state index is 0.176. The summed E-state index contributed by atoms with van der Waals surface area (Å²) in [6.45, 7) is 0. The van der Waals surface area contributed by atoms with Crippen molar-refractivity contribution in [1.29, 1.82) is 0 Å². The number of aromatic nitrogens is 2. The first kappa shape index (κ1) is 10.7. The molecule has 3 nitrogen and oxygen atoms in total. The molecule has 1 aromatic rings. The molecule has 0 saturated heterocycles. The fraction of sp³-hybridized carbons (Fsp3) is 0.750. The van der Waals surface area contributed by atoms with Gasteiger partial charge in [-0.1, -0.05) is 25.7 Å². The van der Waals surface area contributed by atoms with Crippen LogP contribution in [-0.2, 0) is 7.05 Å². The van der Waals surface area contributed by atoms with Crippen LogP contribution in [0.4, 0.5) is 0 Å². The van der Waals surface area contributed by atoms with Gasteiger partial charge in [-0.3, -0.25) is 4.68 Å². The highest BCUT2D eigenvalue weighted by molar-refractivity contribution is 5.07. The van der Waals surface area contributed by atoms with Gasteiger partial charge in [-0.25, -0.2) is 0 Å². The van der Waals surface area contributed by atoms with Crippen LogP contribution < -0.4 is 5.73 Å². The smallest absolute Gasteiger partial charge is 0.0550 e. The van der Waals surface area contributed by atoms with E-state index in [0.29, 0.717) is 5.92 Å². The van der Waals surface area contributed by atoms with E-state index in [0.717, 1.165) is 0 Å². The third-order valence-electron chi connectivity index (χ3n) is 3.61. The second kappa shape index (κ2) is 4.79. The minimum absolute atomic E-state index is 0.176. The highest BCUT2D eigenvalue weighted by Gasteiger charge is 2.22. The van der Waals surface area contributed by atoms with Gasteiger partial charge in [0.15, 0.2) is 0 Å². The van der Waals surface area contributed by atoms with Crippen LogP contribution >= 0.6 is 0 Å². The van der Waals surface area contributed by atoms with Crippen LogP contribution in [0.5, 0.6) is 0 Å². The Hall–Kier alpha value is -0.830. The number of aryl methyl sites for hydroxylation is 1. The zero-order valence-corrected chi connectivity index (χ0v) is 9.52. The van der Waals surface area contributed by atoms with Crippen molar-refractivity contribution in [1.82, 2.24) is 9.78 Å². The largest absolute Gasteiger partial charge is 0.322 e. The van der Waals surface area contributed by atoms with E-state index < -0.39 is 0 Å². The Balaban J connectivity index is 2.06. The maximum absolute atomic E-state index is 6.32. The molecule has 2 rings (SSSR count). The topological polar surface area (TPSA) is 43.8 Å². The fourth-order valence-corrected chi connectivity index (χ4v) is 2.62. The molecule has 0 amide bonds. The van der Waals surface area contributed by atoms with Crippen molar-refractivity contribution in [2.45, 2.75) is 44.6 Å². The van der Waals surface area contributed by atoms with Crippen LogP contribution in [0.25, 0.3) is 0 Å². The van der Waals surface area contributed by atoms with Gasteiger partial charge in [-0.2, -0.15) is 5.10 Å². The Morgan fingerprint density at radius 1 is 1.33 bits per heavy atom. The molecule has 0 aromatic carbocycles. The van der Waals surface area contributed by atoms with Crippen molar-refractivity contribution in [2.75, 3.05) is 0 Å². The lowest BCUT2D eigenvalue weighted by Crippen LogP contribution is -2.23. The maximum Gasteiger partial charge on any atom is 0.0550 e. The standard InChI is InChI=1S/C12H21N3/c1-15-11(8-9-14-15)12(13)10-6-4-2-3-5-7-10/h8-10,12H,2-7,13H2,1H3. The first-order chi connectivity index (χ1) is 7.29. The van der Waals surface area contributed by atoms with Crippen LogP contribution in [0.1, 0.15) is 50.3 Å². The zero-order valence-electron chi connectivity index (χ0n) is 9.52. The van der Waals surface area contributed by atoms with E-state index >= 15 is 0 Å². The predicted octanol–water partition coefficient (Wildman–Crippen LogP) is 2.39. The zero-order chi connectivity index (χ0) is 10.7. The summed E-state index contributed by atoms with van der Waals surface area (Å²) in [7, 11) is 1.98. The summed E-state index contributed by atoms with van der Waals surface area (Å²) in [6, 6.07) is 2.23. The summed E-state index contributed by atoms with van der Waals surface area (Å²) in [6.07, 6.45) is 9.86. The van der Waals surface area contributed by atoms with Gasteiger partial charge >= 0.3 is 0 Å². The summed E-state index contributed by atoms with van der Waals surface area (Å²) in [4.78, 5) is 0. The molecule has 0 aliphatic heterocycles. The Kier molecular flexibility index (Phi) is 3.41. The highest BCUT2D eigenvalue weighted by Crippen LogP contribution is 2.31.